The van der Waals surface area contributed by atoms with Gasteiger partial charge in [0.2, 0.25) is 0 Å². The summed E-state index contributed by atoms with van der Waals surface area (Å²) in [6.45, 7) is 1.64. The quantitative estimate of drug-likeness (QED) is 0.623. The molecule has 0 radical (unpaired) electrons. The van der Waals surface area contributed by atoms with Gasteiger partial charge in [0, 0.05) is 6.04 Å². The maximum atomic E-state index is 11.4. The van der Waals surface area contributed by atoms with Gasteiger partial charge in [-0.05, 0) is 12.8 Å². The third-order valence-electron chi connectivity index (χ3n) is 2.58. The summed E-state index contributed by atoms with van der Waals surface area (Å²) in [6, 6.07) is -2.01. The van der Waals surface area contributed by atoms with Crippen molar-refractivity contribution in [2.24, 2.45) is 0 Å². The predicted octanol–water partition coefficient (Wildman–Crippen LogP) is -0.664. The number of hydrogen-bond acceptors (Lipinski definition) is 4. The summed E-state index contributed by atoms with van der Waals surface area (Å²) >= 11 is 0. The molecule has 1 rings (SSSR count). The average molecular weight is 264 g/mol. The van der Waals surface area contributed by atoms with E-state index in [0.717, 1.165) is 0 Å². The van der Waals surface area contributed by atoms with Crippen molar-refractivity contribution in [2.45, 2.75) is 31.8 Å². The van der Waals surface area contributed by atoms with Gasteiger partial charge in [0.15, 0.2) is 9.84 Å². The van der Waals surface area contributed by atoms with Gasteiger partial charge in [0.1, 0.15) is 6.04 Å². The lowest BCUT2D eigenvalue weighted by Crippen LogP contribution is -2.49. The molecule has 98 valence electrons. The van der Waals surface area contributed by atoms with E-state index in [2.05, 4.69) is 10.6 Å². The fraction of sp³-hybridized carbons (Fsp3) is 0.778. The molecule has 7 nitrogen and oxygen atoms in total. The van der Waals surface area contributed by atoms with E-state index in [1.54, 1.807) is 6.92 Å². The highest BCUT2D eigenvalue weighted by Crippen LogP contribution is 2.10. The lowest BCUT2D eigenvalue weighted by Gasteiger charge is -2.15. The molecule has 1 unspecified atom stereocenters. The van der Waals surface area contributed by atoms with Crippen LogP contribution in [0.3, 0.4) is 0 Å². The number of aliphatic carboxylic acids is 1. The molecule has 0 spiro atoms. The zero-order valence-electron chi connectivity index (χ0n) is 9.47. The molecular weight excluding hydrogens is 248 g/mol. The summed E-state index contributed by atoms with van der Waals surface area (Å²) in [6.07, 6.45) is 0.644. The van der Waals surface area contributed by atoms with Crippen LogP contribution in [0.25, 0.3) is 0 Å². The van der Waals surface area contributed by atoms with Crippen molar-refractivity contribution in [3.05, 3.63) is 0 Å². The smallest absolute Gasteiger partial charge is 0.326 e. The highest BCUT2D eigenvalue weighted by Gasteiger charge is 2.29. The molecule has 1 saturated heterocycles. The molecule has 8 heteroatoms. The Labute approximate surface area is 99.5 Å². The second kappa shape index (κ2) is 5.35. The van der Waals surface area contributed by atoms with Crippen LogP contribution in [0, 0.1) is 0 Å². The van der Waals surface area contributed by atoms with E-state index in [9.17, 15) is 18.0 Å². The maximum Gasteiger partial charge on any atom is 0.326 e. The Bertz CT molecular complexity index is 406. The molecular formula is C9H16N2O5S. The molecule has 0 bridgehead atoms. The van der Waals surface area contributed by atoms with Crippen LogP contribution < -0.4 is 10.6 Å². The lowest BCUT2D eigenvalue weighted by atomic mass is 10.2. The fourth-order valence-corrected chi connectivity index (χ4v) is 3.31. The van der Waals surface area contributed by atoms with Crippen LogP contribution in [-0.2, 0) is 14.6 Å². The Morgan fingerprint density at radius 1 is 1.47 bits per heavy atom. The minimum Gasteiger partial charge on any atom is -0.480 e. The highest BCUT2D eigenvalue weighted by atomic mass is 32.2. The van der Waals surface area contributed by atoms with Crippen molar-refractivity contribution < 1.29 is 23.1 Å². The van der Waals surface area contributed by atoms with Crippen LogP contribution in [0.4, 0.5) is 4.79 Å². The maximum absolute atomic E-state index is 11.4. The summed E-state index contributed by atoms with van der Waals surface area (Å²) in [5.74, 6) is -1.13. The van der Waals surface area contributed by atoms with Crippen LogP contribution >= 0.6 is 0 Å². The highest BCUT2D eigenvalue weighted by molar-refractivity contribution is 7.91. The standard InChI is InChI=1S/C9H16N2O5S/c1-2-7(8(12)13)11-9(14)10-6-3-4-17(15,16)5-6/h6-7H,2-5H2,1H3,(H,12,13)(H2,10,11,14)/t6?,7-/m0/s1. The summed E-state index contributed by atoms with van der Waals surface area (Å²) in [7, 11) is -3.05. The minimum atomic E-state index is -3.05. The van der Waals surface area contributed by atoms with Gasteiger partial charge < -0.3 is 15.7 Å². The molecule has 1 fully saturated rings. The number of carbonyl (C=O) groups excluding carboxylic acids is 1. The number of sulfone groups is 1. The van der Waals surface area contributed by atoms with Crippen molar-refractivity contribution in [2.75, 3.05) is 11.5 Å². The van der Waals surface area contributed by atoms with E-state index in [0.29, 0.717) is 6.42 Å². The number of carboxylic acids is 1. The lowest BCUT2D eigenvalue weighted by molar-refractivity contribution is -0.139. The zero-order valence-corrected chi connectivity index (χ0v) is 10.3. The number of urea groups is 1. The molecule has 1 aliphatic rings. The first-order valence-electron chi connectivity index (χ1n) is 5.34. The molecule has 2 amide bonds. The van der Waals surface area contributed by atoms with E-state index in [-0.39, 0.29) is 17.9 Å². The van der Waals surface area contributed by atoms with Crippen LogP contribution in [0.1, 0.15) is 19.8 Å². The van der Waals surface area contributed by atoms with E-state index in [1.165, 1.54) is 0 Å². The molecule has 0 aliphatic carbocycles. The second-order valence-corrected chi connectivity index (χ2v) is 6.25. The van der Waals surface area contributed by atoms with Crippen LogP contribution in [0.15, 0.2) is 0 Å². The van der Waals surface area contributed by atoms with Crippen LogP contribution in [0.5, 0.6) is 0 Å². The molecule has 3 N–H and O–H groups in total. The SMILES string of the molecule is CC[C@H](NC(=O)NC1CCS(=O)(=O)C1)C(=O)O. The minimum absolute atomic E-state index is 0.0636. The Balaban J connectivity index is 2.43. The van der Waals surface area contributed by atoms with Gasteiger partial charge >= 0.3 is 12.0 Å². The van der Waals surface area contributed by atoms with Gasteiger partial charge in [0.25, 0.3) is 0 Å². The van der Waals surface area contributed by atoms with Crippen molar-refractivity contribution >= 4 is 21.8 Å². The van der Waals surface area contributed by atoms with Crippen LogP contribution in [-0.4, -0.2) is 49.1 Å². The summed E-state index contributed by atoms with van der Waals surface area (Å²) in [5.41, 5.74) is 0. The first kappa shape index (κ1) is 13.8. The Kier molecular flexibility index (Phi) is 4.33. The third-order valence-corrected chi connectivity index (χ3v) is 4.35. The van der Waals surface area contributed by atoms with Gasteiger partial charge in [-0.2, -0.15) is 0 Å². The molecule has 1 aliphatic heterocycles. The predicted molar refractivity (Wildman–Crippen MR) is 60.4 cm³/mol. The van der Waals surface area contributed by atoms with Gasteiger partial charge in [-0.15, -0.1) is 0 Å². The zero-order chi connectivity index (χ0) is 13.1. The van der Waals surface area contributed by atoms with E-state index in [4.69, 9.17) is 5.11 Å². The van der Waals surface area contributed by atoms with Gasteiger partial charge in [0.05, 0.1) is 11.5 Å². The molecule has 0 aromatic carbocycles. The normalized spacial score (nSPS) is 23.9. The van der Waals surface area contributed by atoms with Crippen molar-refractivity contribution in [1.82, 2.24) is 10.6 Å². The monoisotopic (exact) mass is 264 g/mol. The number of rotatable bonds is 4. The van der Waals surface area contributed by atoms with Crippen molar-refractivity contribution in [3.63, 3.8) is 0 Å². The summed E-state index contributed by atoms with van der Waals surface area (Å²) < 4.78 is 22.3. The van der Waals surface area contributed by atoms with Gasteiger partial charge in [-0.1, -0.05) is 6.92 Å². The van der Waals surface area contributed by atoms with Crippen LogP contribution in [0.2, 0.25) is 0 Å². The third kappa shape index (κ3) is 4.22. The van der Waals surface area contributed by atoms with E-state index >= 15 is 0 Å². The first-order valence-corrected chi connectivity index (χ1v) is 7.16. The van der Waals surface area contributed by atoms with E-state index < -0.39 is 33.9 Å². The number of carboxylic acid groups (broad SMARTS) is 1. The molecule has 17 heavy (non-hydrogen) atoms. The number of carbonyl (C=O) groups is 2. The molecule has 1 heterocycles. The summed E-state index contributed by atoms with van der Waals surface area (Å²) in [5, 5.41) is 13.5. The largest absolute Gasteiger partial charge is 0.480 e. The molecule has 0 aromatic heterocycles. The van der Waals surface area contributed by atoms with E-state index in [1.807, 2.05) is 0 Å². The second-order valence-electron chi connectivity index (χ2n) is 4.02. The molecule has 0 aromatic rings. The summed E-state index contributed by atoms with van der Waals surface area (Å²) in [4.78, 5) is 22.1. The average Bonchev–Trinajstić information content (AvgIpc) is 2.54. The number of amides is 2. The molecule has 0 saturated carbocycles. The Morgan fingerprint density at radius 3 is 2.53 bits per heavy atom. The van der Waals surface area contributed by atoms with Crippen molar-refractivity contribution in [1.29, 1.82) is 0 Å². The Hall–Kier alpha value is -1.31. The fourth-order valence-electron chi connectivity index (χ4n) is 1.63. The first-order chi connectivity index (χ1) is 7.84. The molecule has 2 atom stereocenters. The number of nitrogens with one attached hydrogen (secondary N) is 2. The van der Waals surface area contributed by atoms with Gasteiger partial charge in [-0.3, -0.25) is 0 Å². The Morgan fingerprint density at radius 2 is 2.12 bits per heavy atom. The van der Waals surface area contributed by atoms with Crippen molar-refractivity contribution in [3.8, 4) is 0 Å². The topological polar surface area (TPSA) is 113 Å². The van der Waals surface area contributed by atoms with Gasteiger partial charge in [-0.25, -0.2) is 18.0 Å². The number of hydrogen-bond donors (Lipinski definition) is 3.